The van der Waals surface area contributed by atoms with Crippen molar-refractivity contribution in [1.29, 1.82) is 0 Å². The highest BCUT2D eigenvalue weighted by Gasteiger charge is 2.21. The lowest BCUT2D eigenvalue weighted by atomic mass is 10.2. The third-order valence-corrected chi connectivity index (χ3v) is 5.24. The van der Waals surface area contributed by atoms with Crippen molar-refractivity contribution >= 4 is 28.3 Å². The van der Waals surface area contributed by atoms with Crippen LogP contribution in [0.1, 0.15) is 18.7 Å². The highest BCUT2D eigenvalue weighted by molar-refractivity contribution is 7.19. The number of carbonyl (C=O) groups excluding carboxylic acids is 2. The van der Waals surface area contributed by atoms with Gasteiger partial charge >= 0.3 is 0 Å². The molecule has 0 fully saturated rings. The standard InChI is InChI=1S/C19H21N5O2S/c1-13-17(15-8-5-4-6-9-15)27-19(21-13)22-16(25)12-23(3)18(26)14(2)24-11-7-10-20-24/h4-11,14H,12H2,1-3H3,(H,21,22,25). The second kappa shape index (κ2) is 8.13. The molecule has 0 bridgehead atoms. The van der Waals surface area contributed by atoms with E-state index in [1.54, 1.807) is 37.1 Å². The smallest absolute Gasteiger partial charge is 0.247 e. The molecular weight excluding hydrogens is 362 g/mol. The molecule has 3 rings (SSSR count). The molecule has 140 valence electrons. The van der Waals surface area contributed by atoms with Gasteiger partial charge in [-0.2, -0.15) is 5.10 Å². The fourth-order valence-electron chi connectivity index (χ4n) is 2.70. The van der Waals surface area contributed by atoms with Gasteiger partial charge in [0.2, 0.25) is 11.8 Å². The Balaban J connectivity index is 1.62. The number of aryl methyl sites for hydroxylation is 1. The van der Waals surface area contributed by atoms with E-state index < -0.39 is 6.04 Å². The van der Waals surface area contributed by atoms with Crippen LogP contribution in [0.25, 0.3) is 10.4 Å². The van der Waals surface area contributed by atoms with Crippen molar-refractivity contribution in [2.45, 2.75) is 19.9 Å². The normalized spacial score (nSPS) is 11.8. The van der Waals surface area contributed by atoms with E-state index in [1.165, 1.54) is 16.2 Å². The molecule has 1 aromatic carbocycles. The predicted octanol–water partition coefficient (Wildman–Crippen LogP) is 2.97. The molecule has 3 aromatic rings. The van der Waals surface area contributed by atoms with Gasteiger partial charge in [-0.05, 0) is 25.5 Å². The van der Waals surface area contributed by atoms with E-state index in [0.29, 0.717) is 5.13 Å². The van der Waals surface area contributed by atoms with Crippen molar-refractivity contribution < 1.29 is 9.59 Å². The van der Waals surface area contributed by atoms with Gasteiger partial charge in [0, 0.05) is 19.4 Å². The van der Waals surface area contributed by atoms with Crippen molar-refractivity contribution in [2.75, 3.05) is 18.9 Å². The summed E-state index contributed by atoms with van der Waals surface area (Å²) in [5.41, 5.74) is 1.92. The minimum Gasteiger partial charge on any atom is -0.335 e. The van der Waals surface area contributed by atoms with Gasteiger partial charge in [0.1, 0.15) is 6.04 Å². The lowest BCUT2D eigenvalue weighted by Crippen LogP contribution is -2.38. The molecule has 2 heterocycles. The molecular formula is C19H21N5O2S. The maximum Gasteiger partial charge on any atom is 0.247 e. The van der Waals surface area contributed by atoms with Gasteiger partial charge in [-0.3, -0.25) is 14.3 Å². The summed E-state index contributed by atoms with van der Waals surface area (Å²) in [6, 6.07) is 11.2. The molecule has 27 heavy (non-hydrogen) atoms. The zero-order valence-electron chi connectivity index (χ0n) is 15.4. The lowest BCUT2D eigenvalue weighted by Gasteiger charge is -2.20. The van der Waals surface area contributed by atoms with Crippen LogP contribution in [0.4, 0.5) is 5.13 Å². The first-order valence-corrected chi connectivity index (χ1v) is 9.34. The third kappa shape index (κ3) is 4.40. The number of carbonyl (C=O) groups is 2. The highest BCUT2D eigenvalue weighted by atomic mass is 32.1. The van der Waals surface area contributed by atoms with Crippen molar-refractivity contribution in [3.63, 3.8) is 0 Å². The number of benzene rings is 1. The van der Waals surface area contributed by atoms with Crippen LogP contribution in [0.5, 0.6) is 0 Å². The van der Waals surface area contributed by atoms with E-state index in [9.17, 15) is 9.59 Å². The Morgan fingerprint density at radius 1 is 1.26 bits per heavy atom. The molecule has 1 unspecified atom stereocenters. The van der Waals surface area contributed by atoms with Crippen molar-refractivity contribution in [3.05, 3.63) is 54.5 Å². The fourth-order valence-corrected chi connectivity index (χ4v) is 3.69. The summed E-state index contributed by atoms with van der Waals surface area (Å²) in [5, 5.41) is 7.38. The molecule has 1 atom stereocenters. The SMILES string of the molecule is Cc1nc(NC(=O)CN(C)C(=O)C(C)n2cccn2)sc1-c1ccccc1. The first-order valence-electron chi connectivity index (χ1n) is 8.52. The van der Waals surface area contributed by atoms with Gasteiger partial charge in [0.15, 0.2) is 5.13 Å². The maximum absolute atomic E-state index is 12.4. The topological polar surface area (TPSA) is 80.1 Å². The maximum atomic E-state index is 12.4. The van der Waals surface area contributed by atoms with Gasteiger partial charge < -0.3 is 10.2 Å². The van der Waals surface area contributed by atoms with E-state index in [-0.39, 0.29) is 18.4 Å². The lowest BCUT2D eigenvalue weighted by molar-refractivity contribution is -0.136. The van der Waals surface area contributed by atoms with Gasteiger partial charge in [-0.15, -0.1) is 0 Å². The largest absolute Gasteiger partial charge is 0.335 e. The van der Waals surface area contributed by atoms with Crippen molar-refractivity contribution in [2.24, 2.45) is 0 Å². The summed E-state index contributed by atoms with van der Waals surface area (Å²) >= 11 is 1.42. The molecule has 8 heteroatoms. The quantitative estimate of drug-likeness (QED) is 0.710. The van der Waals surface area contributed by atoms with E-state index in [2.05, 4.69) is 15.4 Å². The van der Waals surface area contributed by atoms with E-state index >= 15 is 0 Å². The second-order valence-electron chi connectivity index (χ2n) is 6.20. The molecule has 2 amide bonds. The summed E-state index contributed by atoms with van der Waals surface area (Å²) in [6.45, 7) is 3.61. The minimum atomic E-state index is -0.468. The van der Waals surface area contributed by atoms with Crippen LogP contribution in [0.3, 0.4) is 0 Å². The average Bonchev–Trinajstić information content (AvgIpc) is 3.31. The first-order chi connectivity index (χ1) is 13.0. The Hall–Kier alpha value is -3.00. The van der Waals surface area contributed by atoms with Gasteiger partial charge in [-0.25, -0.2) is 4.98 Å². The Labute approximate surface area is 161 Å². The number of likely N-dealkylation sites (N-methyl/N-ethyl adjacent to an activating group) is 1. The molecule has 0 spiro atoms. The summed E-state index contributed by atoms with van der Waals surface area (Å²) in [4.78, 5) is 31.6. The number of nitrogens with zero attached hydrogens (tertiary/aromatic N) is 4. The third-order valence-electron chi connectivity index (χ3n) is 4.11. The number of hydrogen-bond acceptors (Lipinski definition) is 5. The zero-order chi connectivity index (χ0) is 19.4. The number of nitrogens with one attached hydrogen (secondary N) is 1. The number of anilines is 1. The van der Waals surface area contributed by atoms with Crippen LogP contribution >= 0.6 is 11.3 Å². The number of hydrogen-bond donors (Lipinski definition) is 1. The average molecular weight is 383 g/mol. The molecule has 0 aliphatic heterocycles. The number of aromatic nitrogens is 3. The van der Waals surface area contributed by atoms with E-state index in [4.69, 9.17) is 0 Å². The van der Waals surface area contributed by atoms with Gasteiger partial charge in [0.05, 0.1) is 17.1 Å². The molecule has 2 aromatic heterocycles. The van der Waals surface area contributed by atoms with Crippen molar-refractivity contribution in [3.8, 4) is 10.4 Å². The van der Waals surface area contributed by atoms with Crippen LogP contribution in [0.15, 0.2) is 48.8 Å². The Morgan fingerprint density at radius 2 is 2.00 bits per heavy atom. The molecule has 0 aliphatic carbocycles. The summed E-state index contributed by atoms with van der Waals surface area (Å²) in [5.74, 6) is -0.471. The zero-order valence-corrected chi connectivity index (χ0v) is 16.2. The fraction of sp³-hybridized carbons (Fsp3) is 0.263. The predicted molar refractivity (Wildman–Crippen MR) is 105 cm³/mol. The van der Waals surface area contributed by atoms with E-state index in [1.807, 2.05) is 37.3 Å². The molecule has 0 aliphatic rings. The highest BCUT2D eigenvalue weighted by Crippen LogP contribution is 2.32. The molecule has 0 saturated carbocycles. The monoisotopic (exact) mass is 383 g/mol. The number of rotatable bonds is 6. The van der Waals surface area contributed by atoms with Crippen LogP contribution in [-0.4, -0.2) is 45.1 Å². The van der Waals surface area contributed by atoms with Crippen LogP contribution in [-0.2, 0) is 9.59 Å². The minimum absolute atomic E-state index is 0.0518. The van der Waals surface area contributed by atoms with Gasteiger partial charge in [0.25, 0.3) is 0 Å². The Bertz CT molecular complexity index is 921. The van der Waals surface area contributed by atoms with E-state index in [0.717, 1.165) is 16.1 Å². The molecule has 0 radical (unpaired) electrons. The second-order valence-corrected chi connectivity index (χ2v) is 7.20. The van der Waals surface area contributed by atoms with Crippen LogP contribution < -0.4 is 5.32 Å². The number of amides is 2. The van der Waals surface area contributed by atoms with Gasteiger partial charge in [-0.1, -0.05) is 41.7 Å². The van der Waals surface area contributed by atoms with Crippen molar-refractivity contribution in [1.82, 2.24) is 19.7 Å². The first kappa shape index (κ1) is 18.8. The molecule has 1 N–H and O–H groups in total. The summed E-state index contributed by atoms with van der Waals surface area (Å²) < 4.78 is 1.56. The summed E-state index contributed by atoms with van der Waals surface area (Å²) in [6.07, 6.45) is 3.34. The Morgan fingerprint density at radius 3 is 2.67 bits per heavy atom. The van der Waals surface area contributed by atoms with Crippen LogP contribution in [0.2, 0.25) is 0 Å². The molecule has 7 nitrogen and oxygen atoms in total. The summed E-state index contributed by atoms with van der Waals surface area (Å²) in [7, 11) is 1.60. The molecule has 0 saturated heterocycles. The number of thiazole rings is 1. The van der Waals surface area contributed by atoms with Crippen LogP contribution in [0, 0.1) is 6.92 Å². The Kier molecular flexibility index (Phi) is 5.66.